The summed E-state index contributed by atoms with van der Waals surface area (Å²) in [5.74, 6) is -0.628. The standard InChI is InChI=1S/C23H22FN3O3/c1-16-20(9-6-10-21(16)27(29)30)25-22(28)15-26(2)23(17-7-4-3-5-8-17)18-11-13-19(24)14-12-18/h3-14,23H,15H2,1-2H3,(H,25,28). The van der Waals surface area contributed by atoms with E-state index in [0.29, 0.717) is 11.3 Å². The van der Waals surface area contributed by atoms with E-state index in [1.165, 1.54) is 24.3 Å². The summed E-state index contributed by atoms with van der Waals surface area (Å²) in [6.45, 7) is 1.64. The summed E-state index contributed by atoms with van der Waals surface area (Å²) < 4.78 is 13.4. The van der Waals surface area contributed by atoms with E-state index in [1.807, 2.05) is 35.2 Å². The lowest BCUT2D eigenvalue weighted by Crippen LogP contribution is -2.34. The van der Waals surface area contributed by atoms with E-state index in [4.69, 9.17) is 0 Å². The lowest BCUT2D eigenvalue weighted by Gasteiger charge is -2.28. The number of hydrogen-bond acceptors (Lipinski definition) is 4. The van der Waals surface area contributed by atoms with E-state index in [9.17, 15) is 19.3 Å². The minimum Gasteiger partial charge on any atom is -0.324 e. The van der Waals surface area contributed by atoms with Crippen LogP contribution in [0.25, 0.3) is 0 Å². The van der Waals surface area contributed by atoms with Gasteiger partial charge in [0.25, 0.3) is 5.69 Å². The predicted octanol–water partition coefficient (Wildman–Crippen LogP) is 4.70. The second-order valence-electron chi connectivity index (χ2n) is 7.03. The smallest absolute Gasteiger partial charge is 0.274 e. The molecular formula is C23H22FN3O3. The number of rotatable bonds is 7. The molecule has 6 nitrogen and oxygen atoms in total. The Labute approximate surface area is 174 Å². The number of carbonyl (C=O) groups is 1. The average Bonchev–Trinajstić information content (AvgIpc) is 2.71. The molecule has 1 N–H and O–H groups in total. The van der Waals surface area contributed by atoms with Crippen molar-refractivity contribution in [2.75, 3.05) is 18.9 Å². The molecular weight excluding hydrogens is 385 g/mol. The molecule has 3 rings (SSSR count). The zero-order valence-corrected chi connectivity index (χ0v) is 16.7. The maximum absolute atomic E-state index is 13.4. The molecule has 3 aromatic carbocycles. The molecule has 0 fully saturated rings. The maximum Gasteiger partial charge on any atom is 0.274 e. The summed E-state index contributed by atoms with van der Waals surface area (Å²) in [6, 6.07) is 20.1. The van der Waals surface area contributed by atoms with Crippen LogP contribution < -0.4 is 5.32 Å². The Morgan fingerprint density at radius 1 is 1.03 bits per heavy atom. The number of amides is 1. The first kappa shape index (κ1) is 21.1. The van der Waals surface area contributed by atoms with E-state index >= 15 is 0 Å². The molecule has 1 amide bonds. The SMILES string of the molecule is Cc1c(NC(=O)CN(C)C(c2ccccc2)c2ccc(F)cc2)cccc1[N+](=O)[O-]. The van der Waals surface area contributed by atoms with Crippen molar-refractivity contribution < 1.29 is 14.1 Å². The van der Waals surface area contributed by atoms with Crippen LogP contribution in [0.1, 0.15) is 22.7 Å². The summed E-state index contributed by atoms with van der Waals surface area (Å²) in [6.07, 6.45) is 0. The van der Waals surface area contributed by atoms with Crippen molar-refractivity contribution in [2.24, 2.45) is 0 Å². The van der Waals surface area contributed by atoms with Gasteiger partial charge < -0.3 is 5.32 Å². The number of benzene rings is 3. The highest BCUT2D eigenvalue weighted by molar-refractivity contribution is 5.93. The molecule has 0 bridgehead atoms. The van der Waals surface area contributed by atoms with Crippen LogP contribution in [0.15, 0.2) is 72.8 Å². The highest BCUT2D eigenvalue weighted by atomic mass is 19.1. The number of nitrogens with zero attached hydrogens (tertiary/aromatic N) is 2. The summed E-state index contributed by atoms with van der Waals surface area (Å²) in [4.78, 5) is 25.2. The van der Waals surface area contributed by atoms with Gasteiger partial charge in [0, 0.05) is 6.07 Å². The topological polar surface area (TPSA) is 75.5 Å². The first-order valence-electron chi connectivity index (χ1n) is 9.41. The molecule has 1 unspecified atom stereocenters. The molecule has 0 heterocycles. The van der Waals surface area contributed by atoms with Crippen molar-refractivity contribution in [2.45, 2.75) is 13.0 Å². The van der Waals surface area contributed by atoms with E-state index in [0.717, 1.165) is 11.1 Å². The van der Waals surface area contributed by atoms with E-state index in [2.05, 4.69) is 5.32 Å². The van der Waals surface area contributed by atoms with Crippen LogP contribution in [-0.2, 0) is 4.79 Å². The molecule has 3 aromatic rings. The van der Waals surface area contributed by atoms with Crippen LogP contribution in [0.4, 0.5) is 15.8 Å². The normalized spacial score (nSPS) is 11.9. The van der Waals surface area contributed by atoms with Crippen molar-refractivity contribution in [3.63, 3.8) is 0 Å². The quantitative estimate of drug-likeness (QED) is 0.455. The van der Waals surface area contributed by atoms with Crippen LogP contribution in [-0.4, -0.2) is 29.3 Å². The van der Waals surface area contributed by atoms with Crippen molar-refractivity contribution in [3.8, 4) is 0 Å². The zero-order valence-electron chi connectivity index (χ0n) is 16.7. The largest absolute Gasteiger partial charge is 0.324 e. The third-order valence-electron chi connectivity index (χ3n) is 4.91. The van der Waals surface area contributed by atoms with E-state index in [1.54, 1.807) is 32.2 Å². The summed E-state index contributed by atoms with van der Waals surface area (Å²) in [7, 11) is 1.81. The monoisotopic (exact) mass is 407 g/mol. The van der Waals surface area contributed by atoms with Gasteiger partial charge in [0.05, 0.1) is 28.8 Å². The molecule has 0 spiro atoms. The Morgan fingerprint density at radius 3 is 2.30 bits per heavy atom. The number of nitrogens with one attached hydrogen (secondary N) is 1. The summed E-state index contributed by atoms with van der Waals surface area (Å²) >= 11 is 0. The Kier molecular flexibility index (Phi) is 6.54. The van der Waals surface area contributed by atoms with Crippen LogP contribution in [0.5, 0.6) is 0 Å². The van der Waals surface area contributed by atoms with Gasteiger partial charge in [-0.3, -0.25) is 19.8 Å². The third-order valence-corrected chi connectivity index (χ3v) is 4.91. The second kappa shape index (κ2) is 9.28. The Balaban J connectivity index is 1.81. The molecule has 30 heavy (non-hydrogen) atoms. The highest BCUT2D eigenvalue weighted by Crippen LogP contribution is 2.28. The van der Waals surface area contributed by atoms with Crippen molar-refractivity contribution in [1.29, 1.82) is 0 Å². The molecule has 7 heteroatoms. The molecule has 0 aliphatic carbocycles. The van der Waals surface area contributed by atoms with Gasteiger partial charge in [-0.1, -0.05) is 48.5 Å². The van der Waals surface area contributed by atoms with Gasteiger partial charge in [-0.2, -0.15) is 0 Å². The first-order chi connectivity index (χ1) is 14.4. The fraction of sp³-hybridized carbons (Fsp3) is 0.174. The van der Waals surface area contributed by atoms with Gasteiger partial charge in [0.15, 0.2) is 0 Å². The molecule has 0 saturated heterocycles. The molecule has 1 atom stereocenters. The van der Waals surface area contributed by atoms with Crippen LogP contribution >= 0.6 is 0 Å². The predicted molar refractivity (Wildman–Crippen MR) is 114 cm³/mol. The number of halogens is 1. The first-order valence-corrected chi connectivity index (χ1v) is 9.41. The number of hydrogen-bond donors (Lipinski definition) is 1. The number of nitro benzene ring substituents is 1. The number of anilines is 1. The molecule has 0 radical (unpaired) electrons. The van der Waals surface area contributed by atoms with Gasteiger partial charge in [0.2, 0.25) is 5.91 Å². The number of likely N-dealkylation sites (N-methyl/N-ethyl adjacent to an activating group) is 1. The van der Waals surface area contributed by atoms with Crippen molar-refractivity contribution in [3.05, 3.63) is 105 Å². The van der Waals surface area contributed by atoms with Gasteiger partial charge in [-0.05, 0) is 43.3 Å². The maximum atomic E-state index is 13.4. The second-order valence-corrected chi connectivity index (χ2v) is 7.03. The minimum atomic E-state index is -0.475. The number of carbonyl (C=O) groups excluding carboxylic acids is 1. The molecule has 154 valence electrons. The fourth-order valence-electron chi connectivity index (χ4n) is 3.45. The summed E-state index contributed by atoms with van der Waals surface area (Å²) in [5, 5.41) is 13.9. The molecule has 0 aliphatic rings. The van der Waals surface area contributed by atoms with Crippen LogP contribution in [0.2, 0.25) is 0 Å². The Bertz CT molecular complexity index is 1040. The van der Waals surface area contributed by atoms with Crippen molar-refractivity contribution >= 4 is 17.3 Å². The Hall–Kier alpha value is -3.58. The van der Waals surface area contributed by atoms with Gasteiger partial charge in [-0.15, -0.1) is 0 Å². The van der Waals surface area contributed by atoms with Gasteiger partial charge in [-0.25, -0.2) is 4.39 Å². The van der Waals surface area contributed by atoms with Crippen molar-refractivity contribution in [1.82, 2.24) is 4.90 Å². The third kappa shape index (κ3) is 4.87. The number of nitro groups is 1. The molecule has 0 aliphatic heterocycles. The average molecular weight is 407 g/mol. The Morgan fingerprint density at radius 2 is 1.67 bits per heavy atom. The van der Waals surface area contributed by atoms with Crippen LogP contribution in [0.3, 0.4) is 0 Å². The lowest BCUT2D eigenvalue weighted by atomic mass is 9.97. The van der Waals surface area contributed by atoms with Gasteiger partial charge in [0.1, 0.15) is 5.82 Å². The summed E-state index contributed by atoms with van der Waals surface area (Å²) in [5.41, 5.74) is 2.57. The van der Waals surface area contributed by atoms with E-state index < -0.39 is 4.92 Å². The van der Waals surface area contributed by atoms with Crippen LogP contribution in [0, 0.1) is 22.9 Å². The minimum absolute atomic E-state index is 0.0407. The zero-order chi connectivity index (χ0) is 21.7. The highest BCUT2D eigenvalue weighted by Gasteiger charge is 2.22. The lowest BCUT2D eigenvalue weighted by molar-refractivity contribution is -0.385. The fourth-order valence-corrected chi connectivity index (χ4v) is 3.45. The van der Waals surface area contributed by atoms with E-state index in [-0.39, 0.29) is 30.0 Å². The molecule has 0 aromatic heterocycles. The molecule has 0 saturated carbocycles. The van der Waals surface area contributed by atoms with Gasteiger partial charge >= 0.3 is 0 Å².